The van der Waals surface area contributed by atoms with E-state index in [1.807, 2.05) is 26.1 Å². The Morgan fingerprint density at radius 1 is 1.19 bits per heavy atom. The Bertz CT molecular complexity index is 1470. The van der Waals surface area contributed by atoms with Crippen LogP contribution in [0.25, 0.3) is 6.08 Å². The molecule has 6 rings (SSSR count). The van der Waals surface area contributed by atoms with Crippen LogP contribution in [-0.2, 0) is 49.8 Å². The van der Waals surface area contributed by atoms with Gasteiger partial charge in [0.2, 0.25) is 5.79 Å². The summed E-state index contributed by atoms with van der Waals surface area (Å²) in [5.74, 6) is -2.11. The number of methoxy groups -OCH3 is 1. The van der Waals surface area contributed by atoms with Crippen LogP contribution < -0.4 is 0 Å². The zero-order chi connectivity index (χ0) is 34.6. The smallest absolute Gasteiger partial charge is 0.331 e. The Morgan fingerprint density at radius 2 is 1.96 bits per heavy atom. The molecule has 4 aliphatic heterocycles. The molecule has 13 nitrogen and oxygen atoms in total. The lowest BCUT2D eigenvalue weighted by atomic mass is 9.61. The second kappa shape index (κ2) is 13.1. The average molecular weight is 673 g/mol. The maximum Gasteiger partial charge on any atom is 0.331 e. The van der Waals surface area contributed by atoms with Crippen molar-refractivity contribution < 1.29 is 53.0 Å². The van der Waals surface area contributed by atoms with Crippen LogP contribution >= 0.6 is 0 Å². The first-order valence-electron chi connectivity index (χ1n) is 16.7. The lowest BCUT2D eigenvalue weighted by Gasteiger charge is -2.42. The Hall–Kier alpha value is -2.91. The fourth-order valence-corrected chi connectivity index (χ4v) is 7.95. The van der Waals surface area contributed by atoms with E-state index in [0.717, 1.165) is 6.42 Å². The van der Waals surface area contributed by atoms with Crippen molar-refractivity contribution in [1.29, 1.82) is 0 Å². The normalized spacial score (nSPS) is 43.0. The van der Waals surface area contributed by atoms with Gasteiger partial charge in [-0.3, -0.25) is 4.79 Å². The van der Waals surface area contributed by atoms with E-state index < -0.39 is 59.6 Å². The summed E-state index contributed by atoms with van der Waals surface area (Å²) in [6, 6.07) is 0. The highest BCUT2D eigenvalue weighted by molar-refractivity contribution is 5.86. The molecule has 48 heavy (non-hydrogen) atoms. The van der Waals surface area contributed by atoms with Gasteiger partial charge in [-0.2, -0.15) is 0 Å². The van der Waals surface area contributed by atoms with Gasteiger partial charge in [-0.1, -0.05) is 19.9 Å². The predicted molar refractivity (Wildman–Crippen MR) is 170 cm³/mol. The third-order valence-electron chi connectivity index (χ3n) is 10.8. The van der Waals surface area contributed by atoms with E-state index in [0.29, 0.717) is 23.6 Å². The van der Waals surface area contributed by atoms with Crippen molar-refractivity contribution in [2.45, 2.75) is 101 Å². The summed E-state index contributed by atoms with van der Waals surface area (Å²) < 4.78 is 44.6. The first kappa shape index (κ1) is 34.9. The number of carbonyl (C=O) groups excluding carboxylic acids is 2. The maximum absolute atomic E-state index is 13.3. The van der Waals surface area contributed by atoms with Gasteiger partial charge in [0.15, 0.2) is 12.4 Å². The predicted octanol–water partition coefficient (Wildman–Crippen LogP) is 2.46. The number of nitrogens with zero attached hydrogens (tertiary/aromatic N) is 2. The van der Waals surface area contributed by atoms with Crippen molar-refractivity contribution >= 4 is 18.0 Å². The second-order valence-electron chi connectivity index (χ2n) is 14.4. The standard InChI is InChI=1S/C35H48N2O11/c1-19(2)23-13-28-34(5,47-28)25-14-27(46-29(40)9-8-22-15-37(6)18-36-22)33(4)10-11-35(42-7,48-33)21(12-24(23)25)16-43-32-31(45-20(3)38)30(41)26(39)17-44-32/h8-12,15,18-19,23-28,30-32,39,41H,13-14,16-17H2,1-7H3/b9-8+,21-12-/t23-,24-,25-,26-,27+,28+,30-,31+,32-,33+,34-,35-/m1/s1. The minimum Gasteiger partial charge on any atom is -0.456 e. The molecule has 2 N–H and O–H groups in total. The number of aliphatic hydroxyl groups is 2. The molecular formula is C35H48N2O11. The van der Waals surface area contributed by atoms with E-state index in [-0.39, 0.29) is 37.1 Å². The summed E-state index contributed by atoms with van der Waals surface area (Å²) in [6.45, 7) is 9.33. The third-order valence-corrected chi connectivity index (χ3v) is 10.8. The van der Waals surface area contributed by atoms with Gasteiger partial charge >= 0.3 is 11.9 Å². The number of aromatic nitrogens is 2. The summed E-state index contributed by atoms with van der Waals surface area (Å²) >= 11 is 0. The van der Waals surface area contributed by atoms with E-state index in [1.165, 1.54) is 20.1 Å². The molecule has 1 aliphatic carbocycles. The lowest BCUT2D eigenvalue weighted by Crippen LogP contribution is -2.55. The monoisotopic (exact) mass is 672 g/mol. The van der Waals surface area contributed by atoms with E-state index >= 15 is 0 Å². The van der Waals surface area contributed by atoms with Gasteiger partial charge in [-0.15, -0.1) is 0 Å². The first-order valence-corrected chi connectivity index (χ1v) is 16.7. The number of carbonyl (C=O) groups is 2. The molecule has 0 radical (unpaired) electrons. The number of epoxide rings is 1. The van der Waals surface area contributed by atoms with Gasteiger partial charge in [-0.05, 0) is 62.7 Å². The van der Waals surface area contributed by atoms with Crippen molar-refractivity contribution in [1.82, 2.24) is 9.55 Å². The Morgan fingerprint density at radius 3 is 2.62 bits per heavy atom. The summed E-state index contributed by atoms with van der Waals surface area (Å²) in [4.78, 5) is 29.5. The molecule has 2 bridgehead atoms. The van der Waals surface area contributed by atoms with Crippen molar-refractivity contribution in [3.63, 3.8) is 0 Å². The molecule has 5 heterocycles. The van der Waals surface area contributed by atoms with Gasteiger partial charge in [-0.25, -0.2) is 9.78 Å². The molecule has 0 unspecified atom stereocenters. The fraction of sp³-hybridized carbons (Fsp3) is 0.686. The second-order valence-corrected chi connectivity index (χ2v) is 14.4. The van der Waals surface area contributed by atoms with Crippen molar-refractivity contribution in [3.8, 4) is 0 Å². The zero-order valence-corrected chi connectivity index (χ0v) is 28.6. The molecule has 13 heteroatoms. The van der Waals surface area contributed by atoms with E-state index in [4.69, 9.17) is 33.2 Å². The zero-order valence-electron chi connectivity index (χ0n) is 28.6. The van der Waals surface area contributed by atoms with Crippen LogP contribution in [-0.4, -0.2) is 106 Å². The number of hydrogen-bond acceptors (Lipinski definition) is 12. The molecule has 12 atom stereocenters. The molecule has 3 fully saturated rings. The molecule has 264 valence electrons. The highest BCUT2D eigenvalue weighted by atomic mass is 16.7. The summed E-state index contributed by atoms with van der Waals surface area (Å²) in [7, 11) is 3.39. The van der Waals surface area contributed by atoms with Crippen molar-refractivity contribution in [2.75, 3.05) is 20.3 Å². The van der Waals surface area contributed by atoms with E-state index in [9.17, 15) is 19.8 Å². The number of hydrogen-bond donors (Lipinski definition) is 2. The van der Waals surface area contributed by atoms with Crippen LogP contribution in [0, 0.1) is 23.7 Å². The molecule has 1 aromatic rings. The van der Waals surface area contributed by atoms with Crippen molar-refractivity contribution in [3.05, 3.63) is 48.1 Å². The van der Waals surface area contributed by atoms with Gasteiger partial charge in [0.25, 0.3) is 0 Å². The summed E-state index contributed by atoms with van der Waals surface area (Å²) in [5.41, 5.74) is -0.245. The molecule has 2 saturated heterocycles. The number of fused-ring (bicyclic) bond motifs is 5. The highest BCUT2D eigenvalue weighted by Gasteiger charge is 2.66. The molecule has 0 aromatic carbocycles. The van der Waals surface area contributed by atoms with Crippen LogP contribution in [0.15, 0.2) is 42.4 Å². The molecule has 1 aromatic heterocycles. The average Bonchev–Trinajstić information content (AvgIpc) is 3.32. The van der Waals surface area contributed by atoms with Gasteiger partial charge < -0.3 is 47.9 Å². The lowest BCUT2D eigenvalue weighted by molar-refractivity contribution is -0.277. The Labute approximate surface area is 280 Å². The number of esters is 2. The third kappa shape index (κ3) is 6.53. The molecule has 1 saturated carbocycles. The van der Waals surface area contributed by atoms with Crippen LogP contribution in [0.1, 0.15) is 53.2 Å². The topological polar surface area (TPSA) is 160 Å². The van der Waals surface area contributed by atoms with Crippen LogP contribution in [0.2, 0.25) is 0 Å². The molecule has 0 amide bonds. The Balaban J connectivity index is 1.35. The summed E-state index contributed by atoms with van der Waals surface area (Å²) in [6.07, 6.45) is 7.94. The number of rotatable bonds is 9. The quantitative estimate of drug-likeness (QED) is 0.171. The first-order chi connectivity index (χ1) is 22.7. The van der Waals surface area contributed by atoms with Gasteiger partial charge in [0.05, 0.1) is 36.9 Å². The van der Waals surface area contributed by atoms with E-state index in [2.05, 4.69) is 31.8 Å². The summed E-state index contributed by atoms with van der Waals surface area (Å²) in [5, 5.41) is 20.8. The number of ether oxygens (including phenoxy) is 7. The number of aliphatic hydroxyl groups excluding tert-OH is 2. The Kier molecular flexibility index (Phi) is 9.53. The van der Waals surface area contributed by atoms with Crippen LogP contribution in [0.5, 0.6) is 0 Å². The number of allylic oxidation sites excluding steroid dienone is 1. The van der Waals surface area contributed by atoms with Crippen LogP contribution in [0.3, 0.4) is 0 Å². The molecule has 5 aliphatic rings. The van der Waals surface area contributed by atoms with Gasteiger partial charge in [0, 0.05) is 44.8 Å². The number of aryl methyl sites for hydroxylation is 1. The molecule has 0 spiro atoms. The highest BCUT2D eigenvalue weighted by Crippen LogP contribution is 2.60. The maximum atomic E-state index is 13.3. The van der Waals surface area contributed by atoms with Crippen LogP contribution in [0.4, 0.5) is 0 Å². The molecular weight excluding hydrogens is 624 g/mol. The van der Waals surface area contributed by atoms with Gasteiger partial charge in [0.1, 0.15) is 23.9 Å². The minimum absolute atomic E-state index is 0.0338. The number of imidazole rings is 1. The fourth-order valence-electron chi connectivity index (χ4n) is 7.95. The van der Waals surface area contributed by atoms with Crippen molar-refractivity contribution in [2.24, 2.45) is 30.7 Å². The van der Waals surface area contributed by atoms with E-state index in [1.54, 1.807) is 23.2 Å². The largest absolute Gasteiger partial charge is 0.456 e. The minimum atomic E-state index is -1.40. The SMILES string of the molecule is CO[C@]12C=C[C@](C)(O1)[C@@H](OC(=O)/C=C/c1cn(C)cn1)C[C@@H]1[C@H](/C=C\2CO[C@@H]2OC[C@@H](O)[C@@H](O)[C@@H]2OC(C)=O)[C@@H](C(C)C)C[C@@H]2O[C@@]21C.